The molecule has 0 unspecified atom stereocenters. The summed E-state index contributed by atoms with van der Waals surface area (Å²) in [6, 6.07) is 12.8. The molecule has 1 aliphatic rings. The molecule has 0 fully saturated rings. The number of nitrogens with one attached hydrogen (secondary N) is 1. The maximum Gasteiger partial charge on any atom is 0.346 e. The molecule has 1 N–H and O–H groups in total. The van der Waals surface area contributed by atoms with Crippen molar-refractivity contribution < 1.29 is 18.7 Å². The molecule has 1 aliphatic heterocycles. The molecule has 10 heteroatoms. The molecule has 0 saturated heterocycles. The molecule has 0 radical (unpaired) electrons. The topological polar surface area (TPSA) is 98.5 Å². The Morgan fingerprint density at radius 3 is 2.66 bits per heavy atom. The Balaban J connectivity index is 1.44. The van der Waals surface area contributed by atoms with Crippen LogP contribution in [-0.4, -0.2) is 44.2 Å². The van der Waals surface area contributed by atoms with Crippen LogP contribution in [0.1, 0.15) is 23.1 Å². The van der Waals surface area contributed by atoms with Gasteiger partial charge < -0.3 is 15.0 Å². The van der Waals surface area contributed by atoms with Crippen LogP contribution < -0.4 is 15.7 Å². The predicted molar refractivity (Wildman–Crippen MR) is 114 cm³/mol. The summed E-state index contributed by atoms with van der Waals surface area (Å²) in [6.45, 7) is 2.82. The SMILES string of the molecule is CCOc1ccc(NC(=O)Cn2nc3n(c2=O)CCN(Cc2cccc(F)c2)C3=O)cc1. The standard InChI is InChI=1S/C22H22FN5O4/c1-2-32-18-8-6-17(7-9-18)24-19(29)14-28-22(31)27-11-10-26(21(30)20(27)25-28)13-15-4-3-5-16(23)12-15/h3-9,12H,2,10-11,13-14H2,1H3,(H,24,29). The highest BCUT2D eigenvalue weighted by atomic mass is 19.1. The first kappa shape index (κ1) is 21.3. The van der Waals surface area contributed by atoms with E-state index in [0.717, 1.165) is 4.68 Å². The number of hydrogen-bond acceptors (Lipinski definition) is 5. The zero-order chi connectivity index (χ0) is 22.7. The zero-order valence-electron chi connectivity index (χ0n) is 17.5. The van der Waals surface area contributed by atoms with Gasteiger partial charge >= 0.3 is 5.69 Å². The van der Waals surface area contributed by atoms with Crippen molar-refractivity contribution in [2.45, 2.75) is 26.6 Å². The molecule has 2 amide bonds. The third-order valence-electron chi connectivity index (χ3n) is 5.00. The minimum Gasteiger partial charge on any atom is -0.494 e. The van der Waals surface area contributed by atoms with Crippen LogP contribution in [0.15, 0.2) is 53.3 Å². The van der Waals surface area contributed by atoms with Crippen LogP contribution in [0, 0.1) is 5.82 Å². The highest BCUT2D eigenvalue weighted by Crippen LogP contribution is 2.16. The summed E-state index contributed by atoms with van der Waals surface area (Å²) in [5.74, 6) is -0.623. The Hall–Kier alpha value is -3.95. The first-order valence-corrected chi connectivity index (χ1v) is 10.2. The second-order valence-electron chi connectivity index (χ2n) is 7.28. The van der Waals surface area contributed by atoms with Gasteiger partial charge in [-0.15, -0.1) is 5.10 Å². The number of amides is 2. The number of benzene rings is 2. The van der Waals surface area contributed by atoms with Crippen molar-refractivity contribution in [3.05, 3.63) is 76.2 Å². The second kappa shape index (κ2) is 9.04. The molecular weight excluding hydrogens is 417 g/mol. The lowest BCUT2D eigenvalue weighted by Gasteiger charge is -2.26. The number of nitrogens with zero attached hydrogens (tertiary/aromatic N) is 4. The third-order valence-corrected chi connectivity index (χ3v) is 5.00. The number of aromatic nitrogens is 3. The molecule has 0 spiro atoms. The van der Waals surface area contributed by atoms with Crippen LogP contribution in [-0.2, 0) is 24.4 Å². The first-order valence-electron chi connectivity index (χ1n) is 10.2. The molecule has 0 bridgehead atoms. The van der Waals surface area contributed by atoms with E-state index in [1.165, 1.54) is 21.6 Å². The number of halogens is 1. The molecule has 2 aromatic carbocycles. The summed E-state index contributed by atoms with van der Waals surface area (Å²) in [7, 11) is 0. The quantitative estimate of drug-likeness (QED) is 0.606. The molecule has 0 saturated carbocycles. The van der Waals surface area contributed by atoms with Crippen molar-refractivity contribution in [1.82, 2.24) is 19.2 Å². The summed E-state index contributed by atoms with van der Waals surface area (Å²) in [5.41, 5.74) is 0.664. The highest BCUT2D eigenvalue weighted by Gasteiger charge is 2.30. The van der Waals surface area contributed by atoms with Gasteiger partial charge in [0.05, 0.1) is 6.61 Å². The fourth-order valence-electron chi connectivity index (χ4n) is 3.51. The van der Waals surface area contributed by atoms with E-state index in [1.54, 1.807) is 36.4 Å². The maximum atomic E-state index is 13.4. The van der Waals surface area contributed by atoms with Gasteiger partial charge in [0.15, 0.2) is 0 Å². The van der Waals surface area contributed by atoms with Gasteiger partial charge in [0.1, 0.15) is 18.1 Å². The van der Waals surface area contributed by atoms with Crippen LogP contribution in [0.4, 0.5) is 10.1 Å². The fourth-order valence-corrected chi connectivity index (χ4v) is 3.51. The Labute approximate surface area is 183 Å². The van der Waals surface area contributed by atoms with Gasteiger partial charge in [0.2, 0.25) is 11.7 Å². The smallest absolute Gasteiger partial charge is 0.346 e. The molecular formula is C22H22FN5O4. The normalized spacial score (nSPS) is 13.1. The number of fused-ring (bicyclic) bond motifs is 1. The van der Waals surface area contributed by atoms with Gasteiger partial charge in [0, 0.05) is 25.3 Å². The predicted octanol–water partition coefficient (Wildman–Crippen LogP) is 1.88. The van der Waals surface area contributed by atoms with E-state index in [-0.39, 0.29) is 37.8 Å². The van der Waals surface area contributed by atoms with Crippen LogP contribution >= 0.6 is 0 Å². The average Bonchev–Trinajstić information content (AvgIpc) is 3.08. The van der Waals surface area contributed by atoms with E-state index in [0.29, 0.717) is 23.6 Å². The zero-order valence-corrected chi connectivity index (χ0v) is 17.5. The second-order valence-corrected chi connectivity index (χ2v) is 7.28. The number of hydrogen-bond donors (Lipinski definition) is 1. The van der Waals surface area contributed by atoms with Crippen molar-refractivity contribution in [3.63, 3.8) is 0 Å². The van der Waals surface area contributed by atoms with E-state index in [4.69, 9.17) is 4.74 Å². The average molecular weight is 439 g/mol. The Morgan fingerprint density at radius 1 is 1.16 bits per heavy atom. The fraction of sp³-hybridized carbons (Fsp3) is 0.273. The summed E-state index contributed by atoms with van der Waals surface area (Å²) in [6.07, 6.45) is 0. The molecule has 3 aromatic rings. The van der Waals surface area contributed by atoms with E-state index in [9.17, 15) is 18.8 Å². The minimum absolute atomic E-state index is 0.0356. The molecule has 4 rings (SSSR count). The molecule has 0 aliphatic carbocycles. The molecule has 9 nitrogen and oxygen atoms in total. The van der Waals surface area contributed by atoms with Gasteiger partial charge in [-0.1, -0.05) is 12.1 Å². The minimum atomic E-state index is -0.527. The number of rotatable bonds is 7. The van der Waals surface area contributed by atoms with E-state index in [1.807, 2.05) is 6.92 Å². The lowest BCUT2D eigenvalue weighted by atomic mass is 10.2. The summed E-state index contributed by atoms with van der Waals surface area (Å²) in [5, 5.41) is 6.77. The molecule has 1 aromatic heterocycles. The lowest BCUT2D eigenvalue weighted by Crippen LogP contribution is -2.42. The molecule has 166 valence electrons. The van der Waals surface area contributed by atoms with Crippen LogP contribution in [0.5, 0.6) is 5.75 Å². The molecule has 0 atom stereocenters. The Kier molecular flexibility index (Phi) is 6.02. The molecule has 2 heterocycles. The lowest BCUT2D eigenvalue weighted by molar-refractivity contribution is -0.117. The Bertz CT molecular complexity index is 1200. The van der Waals surface area contributed by atoms with Crippen molar-refractivity contribution >= 4 is 17.5 Å². The summed E-state index contributed by atoms with van der Waals surface area (Å²) in [4.78, 5) is 39.3. The van der Waals surface area contributed by atoms with Gasteiger partial charge in [-0.25, -0.2) is 13.9 Å². The third kappa shape index (κ3) is 4.53. The number of ether oxygens (including phenoxy) is 1. The van der Waals surface area contributed by atoms with E-state index in [2.05, 4.69) is 10.4 Å². The largest absolute Gasteiger partial charge is 0.494 e. The van der Waals surface area contributed by atoms with Gasteiger partial charge in [-0.05, 0) is 48.9 Å². The van der Waals surface area contributed by atoms with Crippen LogP contribution in [0.25, 0.3) is 0 Å². The van der Waals surface area contributed by atoms with Gasteiger partial charge in [0.25, 0.3) is 5.91 Å². The highest BCUT2D eigenvalue weighted by molar-refractivity contribution is 5.92. The van der Waals surface area contributed by atoms with E-state index < -0.39 is 17.5 Å². The number of anilines is 1. The summed E-state index contributed by atoms with van der Waals surface area (Å²) >= 11 is 0. The van der Waals surface area contributed by atoms with Crippen molar-refractivity contribution in [3.8, 4) is 5.75 Å². The van der Waals surface area contributed by atoms with Gasteiger partial charge in [-0.3, -0.25) is 14.2 Å². The van der Waals surface area contributed by atoms with Crippen molar-refractivity contribution in [2.24, 2.45) is 0 Å². The van der Waals surface area contributed by atoms with Crippen molar-refractivity contribution in [2.75, 3.05) is 18.5 Å². The van der Waals surface area contributed by atoms with Crippen molar-refractivity contribution in [1.29, 1.82) is 0 Å². The number of carbonyl (C=O) groups is 2. The van der Waals surface area contributed by atoms with E-state index >= 15 is 0 Å². The van der Waals surface area contributed by atoms with Crippen LogP contribution in [0.2, 0.25) is 0 Å². The summed E-state index contributed by atoms with van der Waals surface area (Å²) < 4.78 is 21.0. The Morgan fingerprint density at radius 2 is 1.94 bits per heavy atom. The number of carbonyl (C=O) groups excluding carboxylic acids is 2. The monoisotopic (exact) mass is 439 g/mol. The first-order chi connectivity index (χ1) is 15.4. The molecule has 32 heavy (non-hydrogen) atoms. The van der Waals surface area contributed by atoms with Gasteiger partial charge in [-0.2, -0.15) is 0 Å². The maximum absolute atomic E-state index is 13.4. The van der Waals surface area contributed by atoms with Crippen LogP contribution in [0.3, 0.4) is 0 Å².